The lowest BCUT2D eigenvalue weighted by Gasteiger charge is -2.17. The van der Waals surface area contributed by atoms with Crippen molar-refractivity contribution in [1.29, 1.82) is 0 Å². The summed E-state index contributed by atoms with van der Waals surface area (Å²) in [6.45, 7) is 0.481. The van der Waals surface area contributed by atoms with Gasteiger partial charge in [-0.15, -0.1) is 0 Å². The second-order valence-electron chi connectivity index (χ2n) is 5.49. The summed E-state index contributed by atoms with van der Waals surface area (Å²) < 4.78 is 0. The van der Waals surface area contributed by atoms with E-state index >= 15 is 0 Å². The Balaban J connectivity index is 2.04. The van der Waals surface area contributed by atoms with Crippen molar-refractivity contribution in [3.05, 3.63) is 71.3 Å². The lowest BCUT2D eigenvalue weighted by atomic mass is 9.96. The molecule has 5 nitrogen and oxygen atoms in total. The highest BCUT2D eigenvalue weighted by atomic mass is 16.3. The fourth-order valence-electron chi connectivity index (χ4n) is 2.53. The van der Waals surface area contributed by atoms with Crippen LogP contribution in [0.5, 0.6) is 0 Å². The molecule has 0 fully saturated rings. The van der Waals surface area contributed by atoms with E-state index in [9.17, 15) is 14.7 Å². The van der Waals surface area contributed by atoms with Gasteiger partial charge >= 0.3 is 0 Å². The van der Waals surface area contributed by atoms with Crippen LogP contribution in [0.2, 0.25) is 0 Å². The molecule has 2 amide bonds. The van der Waals surface area contributed by atoms with E-state index < -0.39 is 0 Å². The van der Waals surface area contributed by atoms with E-state index in [1.807, 2.05) is 30.3 Å². The van der Waals surface area contributed by atoms with Gasteiger partial charge in [-0.25, -0.2) is 0 Å². The molecule has 0 aliphatic carbocycles. The van der Waals surface area contributed by atoms with Gasteiger partial charge in [0.1, 0.15) is 0 Å². The zero-order valence-electron chi connectivity index (χ0n) is 13.7. The van der Waals surface area contributed by atoms with Crippen LogP contribution < -0.4 is 10.6 Å². The molecule has 0 bridgehead atoms. The van der Waals surface area contributed by atoms with Crippen LogP contribution in [0.25, 0.3) is 0 Å². The average Bonchev–Trinajstić information content (AvgIpc) is 2.65. The van der Waals surface area contributed by atoms with Crippen molar-refractivity contribution in [2.24, 2.45) is 0 Å². The highest BCUT2D eigenvalue weighted by molar-refractivity contribution is 5.99. The summed E-state index contributed by atoms with van der Waals surface area (Å²) in [6, 6.07) is 16.4. The lowest BCUT2D eigenvalue weighted by Crippen LogP contribution is -2.29. The van der Waals surface area contributed by atoms with Gasteiger partial charge in [-0.2, -0.15) is 0 Å². The molecule has 5 heteroatoms. The first-order valence-corrected chi connectivity index (χ1v) is 7.92. The van der Waals surface area contributed by atoms with E-state index in [1.165, 1.54) is 0 Å². The Bertz CT molecular complexity index is 686. The number of nitrogens with one attached hydrogen (secondary N) is 2. The Hall–Kier alpha value is -2.66. The third kappa shape index (κ3) is 4.67. The molecule has 0 spiro atoms. The maximum atomic E-state index is 12.3. The average molecular weight is 326 g/mol. The molecule has 0 aliphatic heterocycles. The monoisotopic (exact) mass is 326 g/mol. The van der Waals surface area contributed by atoms with Crippen LogP contribution in [0, 0.1) is 0 Å². The standard InChI is InChI=1S/C19H22N2O3/c1-20-18(23)15-8-5-9-16(12-15)19(24)21-13-17(10-11-22)14-6-3-2-4-7-14/h2-9,12,17,22H,10-11,13H2,1H3,(H,20,23)(H,21,24). The number of aliphatic hydroxyl groups excluding tert-OH is 1. The van der Waals surface area contributed by atoms with Gasteiger partial charge in [0.25, 0.3) is 11.8 Å². The van der Waals surface area contributed by atoms with Crippen LogP contribution >= 0.6 is 0 Å². The molecule has 126 valence electrons. The van der Waals surface area contributed by atoms with Crippen molar-refractivity contribution in [3.8, 4) is 0 Å². The zero-order chi connectivity index (χ0) is 17.4. The summed E-state index contributed by atoms with van der Waals surface area (Å²) in [5, 5.41) is 14.7. The quantitative estimate of drug-likeness (QED) is 0.727. The summed E-state index contributed by atoms with van der Waals surface area (Å²) in [5.74, 6) is -0.422. The maximum Gasteiger partial charge on any atom is 0.251 e. The molecule has 3 N–H and O–H groups in total. The van der Waals surface area contributed by atoms with Gasteiger partial charge in [0.05, 0.1) is 0 Å². The van der Waals surface area contributed by atoms with Crippen LogP contribution in [0.1, 0.15) is 38.6 Å². The summed E-state index contributed by atoms with van der Waals surface area (Å²) in [5.41, 5.74) is 1.96. The molecule has 2 aromatic carbocycles. The van der Waals surface area contributed by atoms with Crippen molar-refractivity contribution in [1.82, 2.24) is 10.6 Å². The molecule has 24 heavy (non-hydrogen) atoms. The van der Waals surface area contributed by atoms with Crippen molar-refractivity contribution >= 4 is 11.8 Å². The molecular formula is C19H22N2O3. The number of benzene rings is 2. The number of hydrogen-bond acceptors (Lipinski definition) is 3. The Morgan fingerprint density at radius 2 is 1.67 bits per heavy atom. The number of aliphatic hydroxyl groups is 1. The summed E-state index contributed by atoms with van der Waals surface area (Å²) in [6.07, 6.45) is 0.572. The molecule has 1 atom stereocenters. The van der Waals surface area contributed by atoms with Gasteiger partial charge in [-0.1, -0.05) is 36.4 Å². The molecule has 2 aromatic rings. The van der Waals surface area contributed by atoms with E-state index in [0.717, 1.165) is 5.56 Å². The molecule has 0 heterocycles. The van der Waals surface area contributed by atoms with E-state index in [0.29, 0.717) is 24.1 Å². The van der Waals surface area contributed by atoms with E-state index in [2.05, 4.69) is 10.6 Å². The van der Waals surface area contributed by atoms with Gasteiger partial charge in [0.2, 0.25) is 0 Å². The number of hydrogen-bond donors (Lipinski definition) is 3. The van der Waals surface area contributed by atoms with Crippen LogP contribution in [-0.2, 0) is 0 Å². The number of carbonyl (C=O) groups excluding carboxylic acids is 2. The molecule has 0 aromatic heterocycles. The summed E-state index contributed by atoms with van der Waals surface area (Å²) in [7, 11) is 1.55. The predicted molar refractivity (Wildman–Crippen MR) is 93.1 cm³/mol. The predicted octanol–water partition coefficient (Wildman–Crippen LogP) is 1.94. The second kappa shape index (κ2) is 8.84. The Kier molecular flexibility index (Phi) is 6.51. The smallest absolute Gasteiger partial charge is 0.251 e. The highest BCUT2D eigenvalue weighted by Gasteiger charge is 2.14. The first-order chi connectivity index (χ1) is 11.7. The number of rotatable bonds is 7. The van der Waals surface area contributed by atoms with Crippen LogP contribution in [0.4, 0.5) is 0 Å². The molecule has 0 aliphatic rings. The molecule has 2 rings (SSSR count). The third-order valence-corrected chi connectivity index (χ3v) is 3.87. The van der Waals surface area contributed by atoms with Gasteiger partial charge in [-0.3, -0.25) is 9.59 Å². The largest absolute Gasteiger partial charge is 0.396 e. The minimum Gasteiger partial charge on any atom is -0.396 e. The fraction of sp³-hybridized carbons (Fsp3) is 0.263. The van der Waals surface area contributed by atoms with E-state index in [1.54, 1.807) is 31.3 Å². The van der Waals surface area contributed by atoms with Gasteiger partial charge in [0.15, 0.2) is 0 Å². The van der Waals surface area contributed by atoms with Crippen molar-refractivity contribution in [2.75, 3.05) is 20.2 Å². The van der Waals surface area contributed by atoms with Gasteiger partial charge in [0, 0.05) is 37.2 Å². The number of carbonyl (C=O) groups is 2. The topological polar surface area (TPSA) is 78.4 Å². The van der Waals surface area contributed by atoms with Crippen LogP contribution in [0.15, 0.2) is 54.6 Å². The maximum absolute atomic E-state index is 12.3. The molecule has 0 saturated carbocycles. The molecule has 0 radical (unpaired) electrons. The third-order valence-electron chi connectivity index (χ3n) is 3.87. The summed E-state index contributed by atoms with van der Waals surface area (Å²) in [4.78, 5) is 24.0. The van der Waals surface area contributed by atoms with E-state index in [4.69, 9.17) is 0 Å². The first kappa shape index (κ1) is 17.7. The SMILES string of the molecule is CNC(=O)c1cccc(C(=O)NCC(CCO)c2ccccc2)c1. The Morgan fingerprint density at radius 3 is 2.29 bits per heavy atom. The Morgan fingerprint density at radius 1 is 1.00 bits per heavy atom. The minimum absolute atomic E-state index is 0.0438. The first-order valence-electron chi connectivity index (χ1n) is 7.92. The normalized spacial score (nSPS) is 11.6. The Labute approximate surface area is 141 Å². The lowest BCUT2D eigenvalue weighted by molar-refractivity contribution is 0.0949. The van der Waals surface area contributed by atoms with Crippen molar-refractivity contribution < 1.29 is 14.7 Å². The van der Waals surface area contributed by atoms with Crippen LogP contribution in [0.3, 0.4) is 0 Å². The van der Waals surface area contributed by atoms with Gasteiger partial charge < -0.3 is 15.7 Å². The summed E-state index contributed by atoms with van der Waals surface area (Å²) >= 11 is 0. The van der Waals surface area contributed by atoms with Crippen molar-refractivity contribution in [3.63, 3.8) is 0 Å². The number of amides is 2. The second-order valence-corrected chi connectivity index (χ2v) is 5.49. The molecular weight excluding hydrogens is 304 g/mol. The highest BCUT2D eigenvalue weighted by Crippen LogP contribution is 2.18. The van der Waals surface area contributed by atoms with Crippen molar-refractivity contribution in [2.45, 2.75) is 12.3 Å². The molecule has 1 unspecified atom stereocenters. The van der Waals surface area contributed by atoms with E-state index in [-0.39, 0.29) is 24.3 Å². The van der Waals surface area contributed by atoms with Crippen LogP contribution in [-0.4, -0.2) is 37.1 Å². The fourth-order valence-corrected chi connectivity index (χ4v) is 2.53. The minimum atomic E-state index is -0.236. The molecule has 0 saturated heterocycles. The zero-order valence-corrected chi connectivity index (χ0v) is 13.7. The van der Waals surface area contributed by atoms with Gasteiger partial charge in [-0.05, 0) is 30.2 Å².